The summed E-state index contributed by atoms with van der Waals surface area (Å²) in [5, 5.41) is 9.25. The number of aromatic nitrogens is 1. The first-order valence-corrected chi connectivity index (χ1v) is 16.1. The van der Waals surface area contributed by atoms with Crippen LogP contribution in [-0.2, 0) is 9.59 Å². The Morgan fingerprint density at radius 1 is 0.930 bits per heavy atom. The number of carbonyl (C=O) groups excluding carboxylic acids is 1. The van der Waals surface area contributed by atoms with E-state index in [9.17, 15) is 14.7 Å². The van der Waals surface area contributed by atoms with E-state index in [0.717, 1.165) is 92.8 Å². The molecule has 7 nitrogen and oxygen atoms in total. The first-order valence-electron chi connectivity index (χ1n) is 16.1. The molecule has 0 spiro atoms. The van der Waals surface area contributed by atoms with E-state index < -0.39 is 5.97 Å². The topological polar surface area (TPSA) is 92.9 Å². The lowest BCUT2D eigenvalue weighted by molar-refractivity contribution is -0.138. The zero-order chi connectivity index (χ0) is 29.9. The van der Waals surface area contributed by atoms with E-state index >= 15 is 0 Å². The minimum atomic E-state index is -0.744. The van der Waals surface area contributed by atoms with E-state index in [4.69, 9.17) is 14.1 Å². The maximum absolute atomic E-state index is 14.2. The summed E-state index contributed by atoms with van der Waals surface area (Å²) >= 11 is 0. The molecular formula is C36H44N2O5. The van der Waals surface area contributed by atoms with Gasteiger partial charge in [-0.3, -0.25) is 9.59 Å². The molecule has 3 fully saturated rings. The number of hydrogen-bond acceptors (Lipinski definition) is 5. The lowest BCUT2D eigenvalue weighted by Crippen LogP contribution is -2.41. The van der Waals surface area contributed by atoms with Crippen LogP contribution in [-0.4, -0.2) is 35.6 Å². The van der Waals surface area contributed by atoms with Crippen molar-refractivity contribution in [3.8, 4) is 17.0 Å². The molecule has 1 heterocycles. The summed E-state index contributed by atoms with van der Waals surface area (Å²) in [6.45, 7) is 2.81. The molecule has 228 valence electrons. The minimum Gasteiger partial charge on any atom is -0.496 e. The zero-order valence-corrected chi connectivity index (χ0v) is 25.5. The van der Waals surface area contributed by atoms with E-state index in [-0.39, 0.29) is 24.2 Å². The fourth-order valence-corrected chi connectivity index (χ4v) is 7.27. The molecule has 3 saturated carbocycles. The van der Waals surface area contributed by atoms with Gasteiger partial charge in [-0.2, -0.15) is 0 Å². The Balaban J connectivity index is 1.18. The summed E-state index contributed by atoms with van der Waals surface area (Å²) in [5.41, 5.74) is 5.26. The van der Waals surface area contributed by atoms with Gasteiger partial charge in [-0.1, -0.05) is 24.3 Å². The molecule has 1 amide bonds. The number of nitrogens with zero attached hydrogens (tertiary/aromatic N) is 2. The normalized spacial score (nSPS) is 24.0. The smallest absolute Gasteiger partial charge is 0.303 e. The number of ether oxygens (including phenoxy) is 1. The van der Waals surface area contributed by atoms with Crippen molar-refractivity contribution in [1.29, 1.82) is 0 Å². The number of methoxy groups -OCH3 is 1. The molecular weight excluding hydrogens is 540 g/mol. The Kier molecular flexibility index (Phi) is 8.87. The second-order valence-corrected chi connectivity index (χ2v) is 13.1. The number of aryl methyl sites for hydroxylation is 1. The number of carboxylic acid groups (broad SMARTS) is 1. The van der Waals surface area contributed by atoms with Crippen LogP contribution in [0, 0.1) is 24.7 Å². The molecule has 1 aromatic heterocycles. The Morgan fingerprint density at radius 2 is 1.65 bits per heavy atom. The molecule has 7 heteroatoms. The number of amides is 1. The van der Waals surface area contributed by atoms with Crippen molar-refractivity contribution in [2.75, 3.05) is 18.6 Å². The molecule has 0 aliphatic heterocycles. The Labute approximate surface area is 254 Å². The average Bonchev–Trinajstić information content (AvgIpc) is 3.76. The second kappa shape index (κ2) is 12.9. The summed E-state index contributed by atoms with van der Waals surface area (Å²) in [4.78, 5) is 32.2. The van der Waals surface area contributed by atoms with Gasteiger partial charge in [0, 0.05) is 36.1 Å². The van der Waals surface area contributed by atoms with Gasteiger partial charge >= 0.3 is 5.97 Å². The lowest BCUT2D eigenvalue weighted by atomic mass is 9.77. The SMILES string of the molecule is COc1ccc([C@H]2CC[C@H](CN(c3cccc(-c4coc(C5CC5)n4)c3)C(=O)[C@H]3CC[C@H](CC(=O)O)CC3)CC2)cc1C. The Hall–Kier alpha value is -3.61. The molecule has 0 unspecified atom stereocenters. The third-order valence-electron chi connectivity index (χ3n) is 10.0. The zero-order valence-electron chi connectivity index (χ0n) is 25.5. The van der Waals surface area contributed by atoms with Crippen LogP contribution in [0.3, 0.4) is 0 Å². The molecule has 0 radical (unpaired) electrons. The minimum absolute atomic E-state index is 0.0687. The standard InChI is InChI=1S/C36H44N2O5/c1-23-18-29(16-17-33(23)42-2)26-10-8-25(9-11-26)21-38(36(41)28-12-6-24(7-13-28)19-34(39)40)31-5-3-4-30(20-31)32-22-43-35(37-32)27-14-15-27/h3-5,16-18,20,22,24-28H,6-15,19,21H2,1-2H3,(H,39,40)/t24-,25-,26-,28-. The van der Waals surface area contributed by atoms with Gasteiger partial charge in [-0.05, 0) is 118 Å². The molecule has 6 rings (SSSR count). The average molecular weight is 585 g/mol. The van der Waals surface area contributed by atoms with E-state index in [1.165, 1.54) is 11.1 Å². The molecule has 0 atom stereocenters. The van der Waals surface area contributed by atoms with Crippen molar-refractivity contribution in [2.24, 2.45) is 17.8 Å². The van der Waals surface area contributed by atoms with Gasteiger partial charge in [-0.15, -0.1) is 0 Å². The van der Waals surface area contributed by atoms with Crippen molar-refractivity contribution in [2.45, 2.75) is 89.4 Å². The molecule has 1 N–H and O–H groups in total. The number of benzene rings is 2. The van der Waals surface area contributed by atoms with Crippen molar-refractivity contribution >= 4 is 17.6 Å². The van der Waals surface area contributed by atoms with Gasteiger partial charge in [0.25, 0.3) is 0 Å². The van der Waals surface area contributed by atoms with Gasteiger partial charge in [0.15, 0.2) is 5.89 Å². The highest BCUT2D eigenvalue weighted by molar-refractivity contribution is 5.95. The van der Waals surface area contributed by atoms with E-state index in [2.05, 4.69) is 31.2 Å². The molecule has 43 heavy (non-hydrogen) atoms. The van der Waals surface area contributed by atoms with Crippen LogP contribution in [0.4, 0.5) is 5.69 Å². The fraction of sp³-hybridized carbons (Fsp3) is 0.528. The first kappa shape index (κ1) is 29.5. The van der Waals surface area contributed by atoms with Crippen LogP contribution >= 0.6 is 0 Å². The first-order chi connectivity index (χ1) is 20.9. The number of carbonyl (C=O) groups is 2. The summed E-state index contributed by atoms with van der Waals surface area (Å²) in [6, 6.07) is 14.8. The number of anilines is 1. The number of hydrogen-bond donors (Lipinski definition) is 1. The molecule has 3 aromatic rings. The predicted molar refractivity (Wildman–Crippen MR) is 166 cm³/mol. The predicted octanol–water partition coefficient (Wildman–Crippen LogP) is 8.12. The van der Waals surface area contributed by atoms with Crippen LogP contribution in [0.1, 0.15) is 99.5 Å². The van der Waals surface area contributed by atoms with Crippen molar-refractivity contribution in [3.63, 3.8) is 0 Å². The van der Waals surface area contributed by atoms with Crippen LogP contribution in [0.25, 0.3) is 11.3 Å². The molecule has 0 bridgehead atoms. The van der Waals surface area contributed by atoms with Gasteiger partial charge in [0.1, 0.15) is 17.7 Å². The van der Waals surface area contributed by atoms with Gasteiger partial charge in [0.05, 0.1) is 7.11 Å². The van der Waals surface area contributed by atoms with Crippen molar-refractivity contribution in [1.82, 2.24) is 4.98 Å². The monoisotopic (exact) mass is 584 g/mol. The van der Waals surface area contributed by atoms with Crippen LogP contribution < -0.4 is 9.64 Å². The highest BCUT2D eigenvalue weighted by atomic mass is 16.5. The van der Waals surface area contributed by atoms with E-state index in [1.54, 1.807) is 13.4 Å². The number of carboxylic acids is 1. The van der Waals surface area contributed by atoms with Gasteiger partial charge < -0.3 is 19.2 Å². The van der Waals surface area contributed by atoms with Crippen molar-refractivity contribution < 1.29 is 23.8 Å². The van der Waals surface area contributed by atoms with E-state index in [1.807, 2.05) is 23.1 Å². The summed E-state index contributed by atoms with van der Waals surface area (Å²) in [6.07, 6.45) is 11.7. The highest BCUT2D eigenvalue weighted by Crippen LogP contribution is 2.41. The number of aliphatic carboxylic acids is 1. The number of oxazole rings is 1. The molecule has 0 saturated heterocycles. The second-order valence-electron chi connectivity index (χ2n) is 13.1. The lowest BCUT2D eigenvalue weighted by Gasteiger charge is -2.36. The Morgan fingerprint density at radius 3 is 2.33 bits per heavy atom. The van der Waals surface area contributed by atoms with Crippen molar-refractivity contribution in [3.05, 3.63) is 65.7 Å². The summed E-state index contributed by atoms with van der Waals surface area (Å²) in [5.74, 6) is 2.69. The number of rotatable bonds is 10. The maximum atomic E-state index is 14.2. The van der Waals surface area contributed by atoms with Crippen LogP contribution in [0.15, 0.2) is 53.1 Å². The van der Waals surface area contributed by atoms with Crippen LogP contribution in [0.5, 0.6) is 5.75 Å². The molecule has 2 aromatic carbocycles. The van der Waals surface area contributed by atoms with E-state index in [0.29, 0.717) is 24.3 Å². The van der Waals surface area contributed by atoms with Gasteiger partial charge in [-0.25, -0.2) is 4.98 Å². The molecule has 3 aliphatic rings. The third-order valence-corrected chi connectivity index (χ3v) is 10.0. The largest absolute Gasteiger partial charge is 0.496 e. The third kappa shape index (κ3) is 6.97. The van der Waals surface area contributed by atoms with Gasteiger partial charge in [0.2, 0.25) is 5.91 Å². The molecule has 3 aliphatic carbocycles. The highest BCUT2D eigenvalue weighted by Gasteiger charge is 2.34. The fourth-order valence-electron chi connectivity index (χ4n) is 7.27. The summed E-state index contributed by atoms with van der Waals surface area (Å²) < 4.78 is 11.2. The maximum Gasteiger partial charge on any atom is 0.303 e. The Bertz CT molecular complexity index is 1430. The summed E-state index contributed by atoms with van der Waals surface area (Å²) in [7, 11) is 1.72. The quantitative estimate of drug-likeness (QED) is 0.259. The van der Waals surface area contributed by atoms with Crippen LogP contribution in [0.2, 0.25) is 0 Å².